The van der Waals surface area contributed by atoms with E-state index in [2.05, 4.69) is 0 Å². The molecule has 5 heteroatoms. The van der Waals surface area contributed by atoms with Gasteiger partial charge in [0.25, 0.3) is 0 Å². The summed E-state index contributed by atoms with van der Waals surface area (Å²) in [5.74, 6) is 2.07. The van der Waals surface area contributed by atoms with Crippen molar-refractivity contribution in [2.45, 2.75) is 76.9 Å². The van der Waals surface area contributed by atoms with Gasteiger partial charge < -0.3 is 14.6 Å². The lowest BCUT2D eigenvalue weighted by Crippen LogP contribution is -2.30. The summed E-state index contributed by atoms with van der Waals surface area (Å²) in [5.41, 5.74) is 1.68. The zero-order chi connectivity index (χ0) is 24.7. The van der Waals surface area contributed by atoms with Crippen LogP contribution in [0.2, 0.25) is 5.02 Å². The fourth-order valence-electron chi connectivity index (χ4n) is 5.57. The summed E-state index contributed by atoms with van der Waals surface area (Å²) in [4.78, 5) is 13.0. The summed E-state index contributed by atoms with van der Waals surface area (Å²) in [6.07, 6.45) is 8.71. The number of aliphatic hydroxyl groups is 1. The topological polar surface area (TPSA) is 55.8 Å². The molecule has 0 aromatic heterocycles. The van der Waals surface area contributed by atoms with Crippen LogP contribution < -0.4 is 4.74 Å². The van der Waals surface area contributed by atoms with Crippen LogP contribution in [0.4, 0.5) is 0 Å². The Labute approximate surface area is 215 Å². The van der Waals surface area contributed by atoms with E-state index in [1.54, 1.807) is 0 Å². The Hall–Kier alpha value is -1.88. The average Bonchev–Trinajstić information content (AvgIpc) is 3.19. The molecule has 0 heterocycles. The Balaban J connectivity index is 1.17. The molecule has 2 aliphatic rings. The number of hydrogen-bond donors (Lipinski definition) is 1. The van der Waals surface area contributed by atoms with E-state index in [0.717, 1.165) is 68.2 Å². The average molecular weight is 499 g/mol. The van der Waals surface area contributed by atoms with E-state index in [0.29, 0.717) is 43.0 Å². The van der Waals surface area contributed by atoms with Gasteiger partial charge in [0.15, 0.2) is 0 Å². The summed E-state index contributed by atoms with van der Waals surface area (Å²) < 4.78 is 11.5. The van der Waals surface area contributed by atoms with Crippen LogP contribution >= 0.6 is 11.6 Å². The van der Waals surface area contributed by atoms with Gasteiger partial charge in [-0.25, -0.2) is 0 Å². The van der Waals surface area contributed by atoms with E-state index < -0.39 is 5.60 Å². The standard InChI is InChI=1S/C30H39ClO4/c1-30(33)15-13-22(14-16-30)7-8-24-9-10-26(29(24)32)19-25-11-12-27(20-28(25)31)35-18-17-34-21-23-5-3-2-4-6-23/h2-6,11-12,20,22,24,26,33H,7-10,13-19,21H2,1H3. The Bertz CT molecular complexity index is 948. The molecule has 0 amide bonds. The van der Waals surface area contributed by atoms with Crippen LogP contribution in [0.25, 0.3) is 0 Å². The molecular formula is C30H39ClO4. The third kappa shape index (κ3) is 7.80. The van der Waals surface area contributed by atoms with Crippen molar-refractivity contribution in [3.8, 4) is 5.75 Å². The Kier molecular flexibility index (Phi) is 9.27. The van der Waals surface area contributed by atoms with Gasteiger partial charge in [-0.2, -0.15) is 0 Å². The van der Waals surface area contributed by atoms with Gasteiger partial charge in [-0.3, -0.25) is 4.79 Å². The summed E-state index contributed by atoms with van der Waals surface area (Å²) in [5, 5.41) is 10.8. The summed E-state index contributed by atoms with van der Waals surface area (Å²) in [7, 11) is 0. The van der Waals surface area contributed by atoms with E-state index in [-0.39, 0.29) is 11.8 Å². The third-order valence-electron chi connectivity index (χ3n) is 7.87. The fraction of sp³-hybridized carbons (Fsp3) is 0.567. The van der Waals surface area contributed by atoms with E-state index in [9.17, 15) is 9.90 Å². The van der Waals surface area contributed by atoms with Gasteiger partial charge in [0, 0.05) is 16.9 Å². The van der Waals surface area contributed by atoms with Gasteiger partial charge in [-0.05, 0) is 93.9 Å². The molecule has 0 bridgehead atoms. The van der Waals surface area contributed by atoms with E-state index in [4.69, 9.17) is 21.1 Å². The normalized spacial score (nSPS) is 26.7. The second kappa shape index (κ2) is 12.4. The molecule has 0 radical (unpaired) electrons. The number of rotatable bonds is 11. The Morgan fingerprint density at radius 2 is 1.71 bits per heavy atom. The van der Waals surface area contributed by atoms with Crippen LogP contribution in [0.5, 0.6) is 5.75 Å². The smallest absolute Gasteiger partial charge is 0.139 e. The highest BCUT2D eigenvalue weighted by Gasteiger charge is 2.35. The van der Waals surface area contributed by atoms with Crippen molar-refractivity contribution in [2.24, 2.45) is 17.8 Å². The molecule has 0 saturated heterocycles. The van der Waals surface area contributed by atoms with Crippen molar-refractivity contribution in [1.29, 1.82) is 0 Å². The van der Waals surface area contributed by atoms with E-state index >= 15 is 0 Å². The van der Waals surface area contributed by atoms with E-state index in [1.807, 2.05) is 55.5 Å². The SMILES string of the molecule is CC1(O)CCC(CCC2CCC(Cc3ccc(OCCOCc4ccccc4)cc3Cl)C2=O)CC1. The van der Waals surface area contributed by atoms with Gasteiger partial charge in [0.05, 0.1) is 18.8 Å². The molecule has 4 rings (SSSR count). The van der Waals surface area contributed by atoms with Gasteiger partial charge in [0.1, 0.15) is 18.1 Å². The minimum Gasteiger partial charge on any atom is -0.491 e. The summed E-state index contributed by atoms with van der Waals surface area (Å²) in [6, 6.07) is 15.9. The Morgan fingerprint density at radius 1 is 0.971 bits per heavy atom. The maximum atomic E-state index is 13.0. The highest BCUT2D eigenvalue weighted by atomic mass is 35.5. The van der Waals surface area contributed by atoms with Crippen LogP contribution in [0.15, 0.2) is 48.5 Å². The zero-order valence-corrected chi connectivity index (χ0v) is 21.6. The lowest BCUT2D eigenvalue weighted by atomic mass is 9.77. The molecule has 190 valence electrons. The molecule has 2 fully saturated rings. The highest BCUT2D eigenvalue weighted by molar-refractivity contribution is 6.31. The van der Waals surface area contributed by atoms with Gasteiger partial charge in [0.2, 0.25) is 0 Å². The number of ketones is 1. The summed E-state index contributed by atoms with van der Waals surface area (Å²) >= 11 is 6.55. The predicted molar refractivity (Wildman–Crippen MR) is 140 cm³/mol. The molecular weight excluding hydrogens is 460 g/mol. The van der Waals surface area contributed by atoms with Crippen molar-refractivity contribution >= 4 is 17.4 Å². The molecule has 1 N–H and O–H groups in total. The van der Waals surface area contributed by atoms with Crippen LogP contribution in [0.1, 0.15) is 69.4 Å². The Morgan fingerprint density at radius 3 is 2.46 bits per heavy atom. The first kappa shape index (κ1) is 26.2. The molecule has 2 aliphatic carbocycles. The quantitative estimate of drug-likeness (QED) is 0.346. The van der Waals surface area contributed by atoms with Gasteiger partial charge >= 0.3 is 0 Å². The van der Waals surface area contributed by atoms with Crippen LogP contribution in [0.3, 0.4) is 0 Å². The molecule has 2 saturated carbocycles. The molecule has 35 heavy (non-hydrogen) atoms. The first-order valence-electron chi connectivity index (χ1n) is 13.2. The fourth-order valence-corrected chi connectivity index (χ4v) is 5.81. The third-order valence-corrected chi connectivity index (χ3v) is 8.22. The lowest BCUT2D eigenvalue weighted by Gasteiger charge is -2.33. The lowest BCUT2D eigenvalue weighted by molar-refractivity contribution is -0.124. The van der Waals surface area contributed by atoms with Crippen molar-refractivity contribution < 1.29 is 19.4 Å². The monoisotopic (exact) mass is 498 g/mol. The maximum absolute atomic E-state index is 13.0. The first-order chi connectivity index (χ1) is 16.9. The molecule has 4 nitrogen and oxygen atoms in total. The minimum atomic E-state index is -0.485. The molecule has 2 atom stereocenters. The molecule has 2 unspecified atom stereocenters. The second-order valence-corrected chi connectivity index (χ2v) is 11.1. The molecule has 0 spiro atoms. The zero-order valence-electron chi connectivity index (χ0n) is 20.9. The van der Waals surface area contributed by atoms with E-state index in [1.165, 1.54) is 0 Å². The number of hydrogen-bond acceptors (Lipinski definition) is 4. The number of carbonyl (C=O) groups is 1. The molecule has 2 aromatic rings. The largest absolute Gasteiger partial charge is 0.491 e. The number of benzene rings is 2. The second-order valence-electron chi connectivity index (χ2n) is 10.7. The van der Waals surface area contributed by atoms with Crippen molar-refractivity contribution in [1.82, 2.24) is 0 Å². The summed E-state index contributed by atoms with van der Waals surface area (Å²) in [6.45, 7) is 3.49. The number of ether oxygens (including phenoxy) is 2. The highest BCUT2D eigenvalue weighted by Crippen LogP contribution is 2.38. The number of halogens is 1. The maximum Gasteiger partial charge on any atom is 0.139 e. The predicted octanol–water partition coefficient (Wildman–Crippen LogP) is 6.79. The van der Waals surface area contributed by atoms with Gasteiger partial charge in [-0.1, -0.05) is 48.0 Å². The minimum absolute atomic E-state index is 0.0720. The van der Waals surface area contributed by atoms with Gasteiger partial charge in [-0.15, -0.1) is 0 Å². The number of carbonyl (C=O) groups excluding carboxylic acids is 1. The van der Waals surface area contributed by atoms with Crippen molar-refractivity contribution in [3.63, 3.8) is 0 Å². The van der Waals surface area contributed by atoms with Crippen LogP contribution in [0, 0.1) is 17.8 Å². The first-order valence-corrected chi connectivity index (χ1v) is 13.6. The number of Topliss-reactive ketones (excluding diaryl/α,β-unsaturated/α-hetero) is 1. The molecule has 0 aliphatic heterocycles. The van der Waals surface area contributed by atoms with Crippen LogP contribution in [-0.2, 0) is 22.6 Å². The van der Waals surface area contributed by atoms with Crippen LogP contribution in [-0.4, -0.2) is 29.7 Å². The van der Waals surface area contributed by atoms with Crippen molar-refractivity contribution in [2.75, 3.05) is 13.2 Å². The van der Waals surface area contributed by atoms with Crippen molar-refractivity contribution in [3.05, 3.63) is 64.7 Å². The molecule has 2 aromatic carbocycles.